The molecule has 0 unspecified atom stereocenters. The number of hydrogen-bond donors (Lipinski definition) is 1. The maximum Gasteiger partial charge on any atom is 0.0108 e. The van der Waals surface area contributed by atoms with E-state index in [-0.39, 0.29) is 30.0 Å². The zero-order valence-electron chi connectivity index (χ0n) is 5.55. The number of hydrogen-bond acceptors (Lipinski definition) is 1. The van der Waals surface area contributed by atoms with E-state index in [0.717, 1.165) is 12.8 Å². The monoisotopic (exact) mass is 239 g/mol. The van der Waals surface area contributed by atoms with Crippen molar-refractivity contribution in [1.29, 1.82) is 0 Å². The minimum atomic E-state index is 0. The van der Waals surface area contributed by atoms with Gasteiger partial charge in [0.2, 0.25) is 0 Å². The van der Waals surface area contributed by atoms with Crippen LogP contribution >= 0.6 is 24.0 Å². The van der Waals surface area contributed by atoms with E-state index in [1.54, 1.807) is 0 Å². The van der Waals surface area contributed by atoms with Gasteiger partial charge in [-0.05, 0) is 12.8 Å². The highest BCUT2D eigenvalue weighted by Crippen LogP contribution is 1.93. The Morgan fingerprint density at radius 3 is 1.78 bits per heavy atom. The van der Waals surface area contributed by atoms with Crippen molar-refractivity contribution < 1.29 is 0 Å². The van der Waals surface area contributed by atoms with Crippen LogP contribution in [0.4, 0.5) is 0 Å². The van der Waals surface area contributed by atoms with Crippen molar-refractivity contribution in [3.8, 4) is 0 Å². The SMILES string of the molecule is C=CCC(N)CC=C.I. The first-order valence-electron chi connectivity index (χ1n) is 2.78. The van der Waals surface area contributed by atoms with Gasteiger partial charge in [0, 0.05) is 6.04 Å². The molecule has 0 amide bonds. The van der Waals surface area contributed by atoms with E-state index in [9.17, 15) is 0 Å². The molecule has 54 valence electrons. The van der Waals surface area contributed by atoms with Gasteiger partial charge in [0.1, 0.15) is 0 Å². The first-order chi connectivity index (χ1) is 3.81. The summed E-state index contributed by atoms with van der Waals surface area (Å²) in [6.07, 6.45) is 5.42. The quantitative estimate of drug-likeness (QED) is 0.590. The van der Waals surface area contributed by atoms with E-state index in [1.807, 2.05) is 12.2 Å². The Labute approximate surface area is 74.0 Å². The summed E-state index contributed by atoms with van der Waals surface area (Å²) in [5.41, 5.74) is 5.55. The summed E-state index contributed by atoms with van der Waals surface area (Å²) in [6, 6.07) is 0.227. The van der Waals surface area contributed by atoms with E-state index in [4.69, 9.17) is 5.73 Å². The fourth-order valence-corrected chi connectivity index (χ4v) is 0.524. The lowest BCUT2D eigenvalue weighted by Gasteiger charge is -2.01. The van der Waals surface area contributed by atoms with Gasteiger partial charge in [0.15, 0.2) is 0 Å². The van der Waals surface area contributed by atoms with Crippen molar-refractivity contribution in [2.45, 2.75) is 18.9 Å². The fourth-order valence-electron chi connectivity index (χ4n) is 0.524. The number of halogens is 1. The molecule has 0 aliphatic rings. The number of rotatable bonds is 4. The van der Waals surface area contributed by atoms with Crippen LogP contribution in [0, 0.1) is 0 Å². The molecule has 2 heteroatoms. The van der Waals surface area contributed by atoms with Crippen LogP contribution in [0.3, 0.4) is 0 Å². The van der Waals surface area contributed by atoms with Crippen molar-refractivity contribution >= 4 is 24.0 Å². The van der Waals surface area contributed by atoms with Gasteiger partial charge in [-0.2, -0.15) is 0 Å². The maximum atomic E-state index is 5.55. The summed E-state index contributed by atoms with van der Waals surface area (Å²) in [6.45, 7) is 7.14. The van der Waals surface area contributed by atoms with Gasteiger partial charge in [-0.15, -0.1) is 37.1 Å². The Bertz CT molecular complexity index is 71.0. The Balaban J connectivity index is 0. The molecule has 0 radical (unpaired) electrons. The normalized spacial score (nSPS) is 8.22. The van der Waals surface area contributed by atoms with Gasteiger partial charge >= 0.3 is 0 Å². The summed E-state index contributed by atoms with van der Waals surface area (Å²) in [5.74, 6) is 0. The van der Waals surface area contributed by atoms with Gasteiger partial charge in [0.25, 0.3) is 0 Å². The van der Waals surface area contributed by atoms with Gasteiger partial charge in [-0.3, -0.25) is 0 Å². The molecule has 0 saturated carbocycles. The molecule has 1 nitrogen and oxygen atoms in total. The van der Waals surface area contributed by atoms with Crippen molar-refractivity contribution in [3.05, 3.63) is 25.3 Å². The second kappa shape index (κ2) is 8.17. The summed E-state index contributed by atoms with van der Waals surface area (Å²) >= 11 is 0. The smallest absolute Gasteiger partial charge is 0.0108 e. The first-order valence-corrected chi connectivity index (χ1v) is 2.78. The molecular weight excluding hydrogens is 225 g/mol. The van der Waals surface area contributed by atoms with Crippen molar-refractivity contribution in [2.24, 2.45) is 5.73 Å². The predicted octanol–water partition coefficient (Wildman–Crippen LogP) is 2.08. The van der Waals surface area contributed by atoms with E-state index in [1.165, 1.54) is 0 Å². The molecule has 0 aromatic carbocycles. The minimum absolute atomic E-state index is 0. The van der Waals surface area contributed by atoms with Crippen molar-refractivity contribution in [3.63, 3.8) is 0 Å². The van der Waals surface area contributed by atoms with Crippen molar-refractivity contribution in [1.82, 2.24) is 0 Å². The van der Waals surface area contributed by atoms with Gasteiger partial charge in [-0.25, -0.2) is 0 Å². The van der Waals surface area contributed by atoms with Gasteiger partial charge in [-0.1, -0.05) is 12.2 Å². The molecule has 0 aliphatic carbocycles. The van der Waals surface area contributed by atoms with Crippen LogP contribution in [0.2, 0.25) is 0 Å². The molecule has 0 fully saturated rings. The lowest BCUT2D eigenvalue weighted by Crippen LogP contribution is -2.17. The predicted molar refractivity (Wildman–Crippen MR) is 53.0 cm³/mol. The molecule has 0 spiro atoms. The fraction of sp³-hybridized carbons (Fsp3) is 0.429. The summed E-state index contributed by atoms with van der Waals surface area (Å²) < 4.78 is 0. The molecule has 9 heavy (non-hydrogen) atoms. The standard InChI is InChI=1S/C7H13N.HI/c1-3-5-7(8)6-4-2;/h3-4,7H,1-2,5-6,8H2;1H. The summed E-state index contributed by atoms with van der Waals surface area (Å²) in [7, 11) is 0. The molecule has 0 saturated heterocycles. The van der Waals surface area contributed by atoms with Crippen LogP contribution in [0.25, 0.3) is 0 Å². The molecule has 0 atom stereocenters. The van der Waals surface area contributed by atoms with Crippen LogP contribution in [-0.2, 0) is 0 Å². The average Bonchev–Trinajstić information content (AvgIpc) is 1.68. The molecular formula is C7H14IN. The molecule has 2 N–H and O–H groups in total. The van der Waals surface area contributed by atoms with Crippen LogP contribution in [0.15, 0.2) is 25.3 Å². The molecule has 0 bridgehead atoms. The van der Waals surface area contributed by atoms with E-state index < -0.39 is 0 Å². The highest BCUT2D eigenvalue weighted by Gasteiger charge is 1.92. The molecule has 0 heterocycles. The average molecular weight is 239 g/mol. The summed E-state index contributed by atoms with van der Waals surface area (Å²) in [5, 5.41) is 0. The van der Waals surface area contributed by atoms with Crippen LogP contribution in [0.5, 0.6) is 0 Å². The molecule has 0 aliphatic heterocycles. The molecule has 0 rings (SSSR count). The van der Waals surface area contributed by atoms with E-state index in [0.29, 0.717) is 0 Å². The summed E-state index contributed by atoms with van der Waals surface area (Å²) in [4.78, 5) is 0. The van der Waals surface area contributed by atoms with Gasteiger partial charge in [0.05, 0.1) is 0 Å². The Hall–Kier alpha value is 0.170. The van der Waals surface area contributed by atoms with E-state index in [2.05, 4.69) is 13.2 Å². The first kappa shape index (κ1) is 11.9. The minimum Gasteiger partial charge on any atom is -0.327 e. The lowest BCUT2D eigenvalue weighted by molar-refractivity contribution is 0.696. The third kappa shape index (κ3) is 8.17. The molecule has 0 aromatic rings. The second-order valence-electron chi connectivity index (χ2n) is 1.81. The van der Waals surface area contributed by atoms with Gasteiger partial charge < -0.3 is 5.73 Å². The number of nitrogens with two attached hydrogens (primary N) is 1. The maximum absolute atomic E-state index is 5.55. The van der Waals surface area contributed by atoms with Crippen LogP contribution < -0.4 is 5.73 Å². The Morgan fingerprint density at radius 2 is 1.56 bits per heavy atom. The second-order valence-corrected chi connectivity index (χ2v) is 1.81. The zero-order valence-corrected chi connectivity index (χ0v) is 7.88. The van der Waals surface area contributed by atoms with E-state index >= 15 is 0 Å². The highest BCUT2D eigenvalue weighted by atomic mass is 127. The topological polar surface area (TPSA) is 26.0 Å². The largest absolute Gasteiger partial charge is 0.327 e. The Kier molecular flexibility index (Phi) is 10.8. The molecule has 0 aromatic heterocycles. The lowest BCUT2D eigenvalue weighted by atomic mass is 10.1. The zero-order chi connectivity index (χ0) is 6.41. The van der Waals surface area contributed by atoms with Crippen LogP contribution in [-0.4, -0.2) is 6.04 Å². The van der Waals surface area contributed by atoms with Crippen molar-refractivity contribution in [2.75, 3.05) is 0 Å². The third-order valence-corrected chi connectivity index (χ3v) is 0.939. The highest BCUT2D eigenvalue weighted by molar-refractivity contribution is 14.0. The Morgan fingerprint density at radius 1 is 1.22 bits per heavy atom. The van der Waals surface area contributed by atoms with Crippen LogP contribution in [0.1, 0.15) is 12.8 Å². The third-order valence-electron chi connectivity index (χ3n) is 0.939.